The molecule has 1 aromatic rings. The lowest BCUT2D eigenvalue weighted by atomic mass is 9.99. The lowest BCUT2D eigenvalue weighted by Crippen LogP contribution is -2.08. The van der Waals surface area contributed by atoms with E-state index in [2.05, 4.69) is 26.0 Å². The molecule has 0 aromatic heterocycles. The van der Waals surface area contributed by atoms with Gasteiger partial charge in [-0.05, 0) is 30.4 Å². The molecule has 0 amide bonds. The summed E-state index contributed by atoms with van der Waals surface area (Å²) in [4.78, 5) is 0. The predicted octanol–water partition coefficient (Wildman–Crippen LogP) is 3.55. The van der Waals surface area contributed by atoms with Gasteiger partial charge in [0.05, 0.1) is 11.5 Å². The van der Waals surface area contributed by atoms with Crippen molar-refractivity contribution in [3.63, 3.8) is 0 Å². The third-order valence-electron chi connectivity index (χ3n) is 2.40. The first kappa shape index (κ1) is 12.5. The molecule has 0 saturated heterocycles. The van der Waals surface area contributed by atoms with Crippen molar-refractivity contribution < 1.29 is 5.11 Å². The van der Waals surface area contributed by atoms with Crippen LogP contribution < -0.4 is 0 Å². The molecule has 0 aliphatic carbocycles. The average molecular weight is 227 g/mol. The minimum Gasteiger partial charge on any atom is -0.387 e. The molecule has 0 spiro atoms. The molecule has 0 bridgehead atoms. The Balaban J connectivity index is 2.72. The Bertz CT molecular complexity index is 290. The fourth-order valence-electron chi connectivity index (χ4n) is 1.59. The molecule has 0 aliphatic heterocycles. The molecular formula is C13H19ClO. The smallest absolute Gasteiger partial charge is 0.0950 e. The third-order valence-corrected chi connectivity index (χ3v) is 2.64. The van der Waals surface area contributed by atoms with Gasteiger partial charge in [0.1, 0.15) is 0 Å². The Kier molecular flexibility index (Phi) is 4.62. The zero-order valence-electron chi connectivity index (χ0n) is 9.57. The number of hydrogen-bond acceptors (Lipinski definition) is 1. The van der Waals surface area contributed by atoms with Crippen molar-refractivity contribution in [2.75, 3.05) is 0 Å². The molecule has 0 saturated carbocycles. The van der Waals surface area contributed by atoms with E-state index < -0.39 is 6.10 Å². The molecule has 1 nitrogen and oxygen atoms in total. The van der Waals surface area contributed by atoms with Crippen molar-refractivity contribution in [3.05, 3.63) is 35.4 Å². The van der Waals surface area contributed by atoms with Crippen molar-refractivity contribution in [2.45, 2.75) is 38.7 Å². The van der Waals surface area contributed by atoms with Gasteiger partial charge >= 0.3 is 0 Å². The number of rotatable bonds is 4. The Morgan fingerprint density at radius 1 is 1.13 bits per heavy atom. The van der Waals surface area contributed by atoms with Crippen LogP contribution in [0.15, 0.2) is 24.3 Å². The summed E-state index contributed by atoms with van der Waals surface area (Å²) in [6, 6.07) is 8.05. The lowest BCUT2D eigenvalue weighted by molar-refractivity contribution is 0.177. The molecule has 0 fully saturated rings. The molecule has 0 radical (unpaired) electrons. The number of halogens is 1. The number of alkyl halides is 1. The van der Waals surface area contributed by atoms with Crippen LogP contribution in [0.1, 0.15) is 38.0 Å². The van der Waals surface area contributed by atoms with Crippen LogP contribution >= 0.6 is 11.6 Å². The maximum absolute atomic E-state index is 9.74. The van der Waals surface area contributed by atoms with Crippen LogP contribution in [0, 0.1) is 5.92 Å². The van der Waals surface area contributed by atoms with Gasteiger partial charge in [0.25, 0.3) is 0 Å². The highest BCUT2D eigenvalue weighted by atomic mass is 35.5. The summed E-state index contributed by atoms with van der Waals surface area (Å²) in [6.45, 7) is 6.20. The predicted molar refractivity (Wildman–Crippen MR) is 65.3 cm³/mol. The molecule has 1 rings (SSSR count). The summed E-state index contributed by atoms with van der Waals surface area (Å²) in [6.07, 6.45) is 0.507. The number of aliphatic hydroxyl groups is 1. The molecule has 84 valence electrons. The van der Waals surface area contributed by atoms with E-state index in [0.29, 0.717) is 5.92 Å². The summed E-state index contributed by atoms with van der Waals surface area (Å²) in [5, 5.41) is 9.49. The standard InChI is InChI=1S/C13H19ClO/c1-9(2)8-11-4-6-12(7-5-11)13(15)10(3)14/h4-7,9-10,13,15H,8H2,1-3H3. The molecule has 0 aliphatic rings. The van der Waals surface area contributed by atoms with E-state index in [9.17, 15) is 5.11 Å². The first-order valence-corrected chi connectivity index (χ1v) is 5.85. The minimum absolute atomic E-state index is 0.249. The second-order valence-corrected chi connectivity index (χ2v) is 5.15. The van der Waals surface area contributed by atoms with Crippen molar-refractivity contribution in [1.29, 1.82) is 0 Å². The van der Waals surface area contributed by atoms with Crippen molar-refractivity contribution in [1.82, 2.24) is 0 Å². The van der Waals surface area contributed by atoms with E-state index in [1.807, 2.05) is 12.1 Å². The van der Waals surface area contributed by atoms with Gasteiger partial charge in [-0.15, -0.1) is 11.6 Å². The molecule has 15 heavy (non-hydrogen) atoms. The van der Waals surface area contributed by atoms with Crippen molar-refractivity contribution >= 4 is 11.6 Å². The highest BCUT2D eigenvalue weighted by Crippen LogP contribution is 2.21. The topological polar surface area (TPSA) is 20.2 Å². The van der Waals surface area contributed by atoms with E-state index in [0.717, 1.165) is 12.0 Å². The summed E-state index contributed by atoms with van der Waals surface area (Å²) in [5.74, 6) is 0.660. The van der Waals surface area contributed by atoms with Crippen LogP contribution in [0.2, 0.25) is 0 Å². The van der Waals surface area contributed by atoms with Crippen LogP contribution in [-0.4, -0.2) is 10.5 Å². The van der Waals surface area contributed by atoms with E-state index in [1.165, 1.54) is 5.56 Å². The lowest BCUT2D eigenvalue weighted by Gasteiger charge is -2.14. The molecular weight excluding hydrogens is 208 g/mol. The Hall–Kier alpha value is -0.530. The van der Waals surface area contributed by atoms with Crippen LogP contribution in [-0.2, 0) is 6.42 Å². The minimum atomic E-state index is -0.570. The number of aliphatic hydroxyl groups excluding tert-OH is 1. The van der Waals surface area contributed by atoms with Crippen LogP contribution in [0.5, 0.6) is 0 Å². The zero-order valence-corrected chi connectivity index (χ0v) is 10.3. The highest BCUT2D eigenvalue weighted by molar-refractivity contribution is 6.20. The van der Waals surface area contributed by atoms with Crippen molar-refractivity contribution in [3.8, 4) is 0 Å². The Morgan fingerprint density at radius 3 is 2.07 bits per heavy atom. The van der Waals surface area contributed by atoms with Gasteiger partial charge in [0.2, 0.25) is 0 Å². The fraction of sp³-hybridized carbons (Fsp3) is 0.538. The average Bonchev–Trinajstić information content (AvgIpc) is 2.17. The molecule has 2 unspecified atom stereocenters. The van der Waals surface area contributed by atoms with Crippen LogP contribution in [0.25, 0.3) is 0 Å². The first-order chi connectivity index (χ1) is 7.00. The number of benzene rings is 1. The van der Waals surface area contributed by atoms with Crippen molar-refractivity contribution in [2.24, 2.45) is 5.92 Å². The van der Waals surface area contributed by atoms with Gasteiger partial charge in [0.15, 0.2) is 0 Å². The number of hydrogen-bond donors (Lipinski definition) is 1. The van der Waals surface area contributed by atoms with Gasteiger partial charge in [-0.2, -0.15) is 0 Å². The quantitative estimate of drug-likeness (QED) is 0.779. The van der Waals surface area contributed by atoms with E-state index in [4.69, 9.17) is 11.6 Å². The van der Waals surface area contributed by atoms with E-state index in [-0.39, 0.29) is 5.38 Å². The third kappa shape index (κ3) is 3.84. The molecule has 2 heteroatoms. The molecule has 2 atom stereocenters. The van der Waals surface area contributed by atoms with Gasteiger partial charge < -0.3 is 5.11 Å². The monoisotopic (exact) mass is 226 g/mol. The van der Waals surface area contributed by atoms with Gasteiger partial charge in [-0.25, -0.2) is 0 Å². The van der Waals surface area contributed by atoms with Gasteiger partial charge in [-0.1, -0.05) is 38.1 Å². The summed E-state index contributed by atoms with van der Waals surface area (Å²) in [5.41, 5.74) is 2.20. The van der Waals surface area contributed by atoms with E-state index >= 15 is 0 Å². The van der Waals surface area contributed by atoms with E-state index in [1.54, 1.807) is 6.92 Å². The normalized spacial score (nSPS) is 15.3. The highest BCUT2D eigenvalue weighted by Gasteiger charge is 2.13. The Morgan fingerprint density at radius 2 is 1.67 bits per heavy atom. The Labute approximate surface area is 97.1 Å². The fourth-order valence-corrected chi connectivity index (χ4v) is 1.73. The maximum atomic E-state index is 9.74. The van der Waals surface area contributed by atoms with Gasteiger partial charge in [0, 0.05) is 0 Å². The van der Waals surface area contributed by atoms with Crippen LogP contribution in [0.4, 0.5) is 0 Å². The zero-order chi connectivity index (χ0) is 11.4. The molecule has 0 heterocycles. The molecule has 1 N–H and O–H groups in total. The second kappa shape index (κ2) is 5.53. The summed E-state index contributed by atoms with van der Waals surface area (Å²) >= 11 is 5.84. The largest absolute Gasteiger partial charge is 0.387 e. The summed E-state index contributed by atoms with van der Waals surface area (Å²) < 4.78 is 0. The van der Waals surface area contributed by atoms with Crippen LogP contribution in [0.3, 0.4) is 0 Å². The SMILES string of the molecule is CC(C)Cc1ccc(C(O)C(C)Cl)cc1. The van der Waals surface area contributed by atoms with Gasteiger partial charge in [-0.3, -0.25) is 0 Å². The second-order valence-electron chi connectivity index (χ2n) is 4.46. The summed E-state index contributed by atoms with van der Waals surface area (Å²) in [7, 11) is 0. The maximum Gasteiger partial charge on any atom is 0.0950 e. The molecule has 1 aromatic carbocycles. The first-order valence-electron chi connectivity index (χ1n) is 5.41.